The second-order valence-electron chi connectivity index (χ2n) is 9.71. The minimum Gasteiger partial charge on any atom is -0.417 e. The Kier molecular flexibility index (Phi) is 8.12. The van der Waals surface area contributed by atoms with Gasteiger partial charge in [0.2, 0.25) is 5.91 Å². The van der Waals surface area contributed by atoms with Crippen LogP contribution in [0.25, 0.3) is 0 Å². The van der Waals surface area contributed by atoms with E-state index in [0.717, 1.165) is 13.0 Å². The van der Waals surface area contributed by atoms with Gasteiger partial charge in [-0.3, -0.25) is 9.63 Å². The number of hydrogen-bond donors (Lipinski definition) is 0. The van der Waals surface area contributed by atoms with Crippen LogP contribution in [-0.4, -0.2) is 40.1 Å². The van der Waals surface area contributed by atoms with Gasteiger partial charge in [-0.25, -0.2) is 5.06 Å². The van der Waals surface area contributed by atoms with Gasteiger partial charge < -0.3 is 4.43 Å². The Morgan fingerprint density at radius 1 is 1.35 bits per heavy atom. The summed E-state index contributed by atoms with van der Waals surface area (Å²) >= 11 is 0. The summed E-state index contributed by atoms with van der Waals surface area (Å²) in [6.07, 6.45) is 3.90. The van der Waals surface area contributed by atoms with Crippen LogP contribution < -0.4 is 0 Å². The first-order valence-electron chi connectivity index (χ1n) is 9.93. The van der Waals surface area contributed by atoms with Crippen LogP contribution in [0.3, 0.4) is 0 Å². The number of amides is 1. The molecular formula is C21H41NO3Si. The summed E-state index contributed by atoms with van der Waals surface area (Å²) in [4.78, 5) is 17.6. The molecule has 0 radical (unpaired) electrons. The maximum Gasteiger partial charge on any atom is 0.246 e. The molecule has 0 aromatic rings. The molecule has 4 nitrogen and oxygen atoms in total. The van der Waals surface area contributed by atoms with Gasteiger partial charge in [0.15, 0.2) is 8.32 Å². The van der Waals surface area contributed by atoms with Crippen molar-refractivity contribution >= 4 is 14.2 Å². The molecule has 0 saturated heterocycles. The van der Waals surface area contributed by atoms with Gasteiger partial charge in [0, 0.05) is 20.1 Å². The smallest absolute Gasteiger partial charge is 0.246 e. The van der Waals surface area contributed by atoms with Crippen molar-refractivity contribution in [2.45, 2.75) is 72.5 Å². The van der Waals surface area contributed by atoms with E-state index in [4.69, 9.17) is 9.26 Å². The molecule has 0 saturated carbocycles. The molecule has 26 heavy (non-hydrogen) atoms. The molecule has 152 valence electrons. The van der Waals surface area contributed by atoms with Crippen molar-refractivity contribution in [3.8, 4) is 0 Å². The zero-order valence-electron chi connectivity index (χ0n) is 18.7. The lowest BCUT2D eigenvalue weighted by molar-refractivity contribution is -0.170. The lowest BCUT2D eigenvalue weighted by atomic mass is 9.67. The fraction of sp³-hybridized carbons (Fsp3) is 0.857. The van der Waals surface area contributed by atoms with Gasteiger partial charge in [-0.2, -0.15) is 0 Å². The van der Waals surface area contributed by atoms with Crippen LogP contribution in [0.1, 0.15) is 54.4 Å². The van der Waals surface area contributed by atoms with Gasteiger partial charge in [0.25, 0.3) is 0 Å². The van der Waals surface area contributed by atoms with E-state index in [9.17, 15) is 4.79 Å². The highest BCUT2D eigenvalue weighted by Crippen LogP contribution is 2.43. The van der Waals surface area contributed by atoms with E-state index < -0.39 is 8.32 Å². The van der Waals surface area contributed by atoms with E-state index in [1.54, 1.807) is 7.05 Å². The molecule has 0 spiro atoms. The lowest BCUT2D eigenvalue weighted by Crippen LogP contribution is -2.45. The van der Waals surface area contributed by atoms with Crippen LogP contribution in [0.4, 0.5) is 0 Å². The lowest BCUT2D eigenvalue weighted by Gasteiger charge is -2.43. The Morgan fingerprint density at radius 2 is 1.92 bits per heavy atom. The SMILES string of the molecule is CON(C)C(=O)C[C@H]1C(C)=CC[C@H](C(C)C)[C@H]1CO[Si](C)(C)C(C)(C)C. The Hall–Kier alpha value is -0.653. The van der Waals surface area contributed by atoms with E-state index in [2.05, 4.69) is 60.7 Å². The minimum atomic E-state index is -1.81. The first-order valence-corrected chi connectivity index (χ1v) is 12.8. The normalized spacial score (nSPS) is 24.6. The number of carbonyl (C=O) groups is 1. The topological polar surface area (TPSA) is 38.8 Å². The van der Waals surface area contributed by atoms with Crippen LogP contribution >= 0.6 is 0 Å². The third-order valence-corrected chi connectivity index (χ3v) is 11.2. The van der Waals surface area contributed by atoms with Crippen LogP contribution in [0, 0.1) is 23.7 Å². The molecular weight excluding hydrogens is 342 g/mol. The third-order valence-electron chi connectivity index (χ3n) is 6.68. The summed E-state index contributed by atoms with van der Waals surface area (Å²) in [7, 11) is 1.41. The molecule has 1 amide bonds. The van der Waals surface area contributed by atoms with Gasteiger partial charge in [0.05, 0.1) is 7.11 Å². The van der Waals surface area contributed by atoms with Crippen LogP contribution in [-0.2, 0) is 14.1 Å². The minimum absolute atomic E-state index is 0.0342. The van der Waals surface area contributed by atoms with Crippen molar-refractivity contribution in [2.75, 3.05) is 20.8 Å². The molecule has 0 N–H and O–H groups in total. The number of allylic oxidation sites excluding steroid dienone is 2. The van der Waals surface area contributed by atoms with Crippen molar-refractivity contribution in [1.29, 1.82) is 0 Å². The summed E-state index contributed by atoms with van der Waals surface area (Å²) in [5.41, 5.74) is 1.32. The highest BCUT2D eigenvalue weighted by molar-refractivity contribution is 6.74. The van der Waals surface area contributed by atoms with Gasteiger partial charge >= 0.3 is 0 Å². The number of nitrogens with zero attached hydrogens (tertiary/aromatic N) is 1. The first kappa shape index (κ1) is 23.4. The summed E-state index contributed by atoms with van der Waals surface area (Å²) in [5, 5.41) is 1.54. The van der Waals surface area contributed by atoms with Crippen molar-refractivity contribution in [3.05, 3.63) is 11.6 Å². The molecule has 0 unspecified atom stereocenters. The van der Waals surface area contributed by atoms with Crippen molar-refractivity contribution in [1.82, 2.24) is 5.06 Å². The molecule has 0 aromatic heterocycles. The quantitative estimate of drug-likeness (QED) is 0.341. The van der Waals surface area contributed by atoms with E-state index in [-0.39, 0.29) is 16.9 Å². The maximum absolute atomic E-state index is 12.5. The van der Waals surface area contributed by atoms with Crippen molar-refractivity contribution < 1.29 is 14.1 Å². The molecule has 0 heterocycles. The standard InChI is InChI=1S/C21H41NO3Si/c1-15(2)17-12-11-16(3)18(13-20(23)22(7)24-8)19(17)14-25-26(9,10)21(4,5)6/h11,15,17-19H,12-14H2,1-10H3/t17-,18+,19-/m1/s1. The summed E-state index contributed by atoms with van der Waals surface area (Å²) in [6, 6.07) is 0. The van der Waals surface area contributed by atoms with Crippen LogP contribution in [0.2, 0.25) is 18.1 Å². The second kappa shape index (κ2) is 9.02. The van der Waals surface area contributed by atoms with Crippen molar-refractivity contribution in [2.24, 2.45) is 23.7 Å². The zero-order valence-corrected chi connectivity index (χ0v) is 19.7. The van der Waals surface area contributed by atoms with Gasteiger partial charge in [0.1, 0.15) is 0 Å². The fourth-order valence-electron chi connectivity index (χ4n) is 3.54. The molecule has 0 aliphatic heterocycles. The Balaban J connectivity index is 3.04. The van der Waals surface area contributed by atoms with Gasteiger partial charge in [-0.05, 0) is 55.1 Å². The molecule has 1 aliphatic rings. The Labute approximate surface area is 162 Å². The van der Waals surface area contributed by atoms with E-state index in [1.165, 1.54) is 17.7 Å². The average Bonchev–Trinajstić information content (AvgIpc) is 2.52. The van der Waals surface area contributed by atoms with Crippen LogP contribution in [0.15, 0.2) is 11.6 Å². The molecule has 1 aliphatic carbocycles. The molecule has 0 fully saturated rings. The highest BCUT2D eigenvalue weighted by Gasteiger charge is 2.41. The predicted molar refractivity (Wildman–Crippen MR) is 111 cm³/mol. The molecule has 0 bridgehead atoms. The fourth-order valence-corrected chi connectivity index (χ4v) is 4.58. The number of rotatable bonds is 7. The third kappa shape index (κ3) is 5.67. The average molecular weight is 384 g/mol. The summed E-state index contributed by atoms with van der Waals surface area (Å²) < 4.78 is 6.62. The number of carbonyl (C=O) groups excluding carboxylic acids is 1. The van der Waals surface area contributed by atoms with E-state index >= 15 is 0 Å². The molecule has 3 atom stereocenters. The largest absolute Gasteiger partial charge is 0.417 e. The molecule has 5 heteroatoms. The molecule has 0 aromatic carbocycles. The first-order chi connectivity index (χ1) is 11.8. The second-order valence-corrected chi connectivity index (χ2v) is 14.5. The Morgan fingerprint density at radius 3 is 2.38 bits per heavy atom. The van der Waals surface area contributed by atoms with Crippen molar-refractivity contribution in [3.63, 3.8) is 0 Å². The van der Waals surface area contributed by atoms with E-state index in [0.29, 0.717) is 24.2 Å². The summed E-state index contributed by atoms with van der Waals surface area (Å²) in [6.45, 7) is 18.9. The Bertz CT molecular complexity index is 508. The number of hydrogen-bond acceptors (Lipinski definition) is 3. The van der Waals surface area contributed by atoms with Crippen LogP contribution in [0.5, 0.6) is 0 Å². The monoisotopic (exact) mass is 383 g/mol. The maximum atomic E-state index is 12.5. The molecule has 1 rings (SSSR count). The highest BCUT2D eigenvalue weighted by atomic mass is 28.4. The van der Waals surface area contributed by atoms with Gasteiger partial charge in [-0.15, -0.1) is 0 Å². The van der Waals surface area contributed by atoms with Gasteiger partial charge in [-0.1, -0.05) is 46.3 Å². The summed E-state index contributed by atoms with van der Waals surface area (Å²) in [5.74, 6) is 1.76. The predicted octanol–water partition coefficient (Wildman–Crippen LogP) is 5.27. The zero-order chi connectivity index (χ0) is 20.3. The van der Waals surface area contributed by atoms with E-state index in [1.807, 2.05) is 0 Å². The number of hydroxylamine groups is 2.